The lowest BCUT2D eigenvalue weighted by Gasteiger charge is -2.27. The maximum absolute atomic E-state index is 13.7. The van der Waals surface area contributed by atoms with Gasteiger partial charge in [-0.1, -0.05) is 0 Å². The number of hydrogen-bond donors (Lipinski definition) is 2. The van der Waals surface area contributed by atoms with Crippen LogP contribution in [-0.2, 0) is 25.6 Å². The van der Waals surface area contributed by atoms with E-state index >= 15 is 0 Å². The second-order valence-corrected chi connectivity index (χ2v) is 13.7. The second-order valence-electron chi connectivity index (χ2n) is 11.6. The molecule has 0 radical (unpaired) electrons. The highest BCUT2D eigenvalue weighted by Gasteiger charge is 2.41. The van der Waals surface area contributed by atoms with Crippen molar-refractivity contribution in [2.75, 3.05) is 28.8 Å². The van der Waals surface area contributed by atoms with Gasteiger partial charge in [0, 0.05) is 61.6 Å². The van der Waals surface area contributed by atoms with Gasteiger partial charge in [0.15, 0.2) is 17.3 Å². The van der Waals surface area contributed by atoms with Gasteiger partial charge in [-0.3, -0.25) is 19.2 Å². The highest BCUT2D eigenvalue weighted by atomic mass is 35.5. The summed E-state index contributed by atoms with van der Waals surface area (Å²) in [4.78, 5) is 53.7. The zero-order valence-electron chi connectivity index (χ0n) is 25.1. The highest BCUT2D eigenvalue weighted by molar-refractivity contribution is 7.18. The lowest BCUT2D eigenvalue weighted by Crippen LogP contribution is -2.43. The molecule has 13 heteroatoms. The van der Waals surface area contributed by atoms with Gasteiger partial charge in [-0.15, -0.1) is 34.3 Å². The molecule has 1 atom stereocenters. The van der Waals surface area contributed by atoms with E-state index in [1.54, 1.807) is 12.1 Å². The van der Waals surface area contributed by atoms with Crippen LogP contribution in [0.15, 0.2) is 22.9 Å². The summed E-state index contributed by atoms with van der Waals surface area (Å²) >= 11 is 9.23. The van der Waals surface area contributed by atoms with Crippen LogP contribution in [0, 0.1) is 13.8 Å². The molecule has 2 N–H and O–H groups in total. The SMILES string of the molecule is CC(=O)Oc1cc2c(c3c(C)csc13)CCN2C(=O)CC(O)(O)CC(=O)N1C[C@@H](CCl)c2c1cc(OC(C)=O)c1scc(C)c21. The molecule has 4 heterocycles. The summed E-state index contributed by atoms with van der Waals surface area (Å²) < 4.78 is 12.5. The molecule has 0 spiro atoms. The summed E-state index contributed by atoms with van der Waals surface area (Å²) in [7, 11) is 0. The number of aliphatic hydroxyl groups is 2. The lowest BCUT2D eigenvalue weighted by molar-refractivity contribution is -0.177. The van der Waals surface area contributed by atoms with Crippen LogP contribution in [0.3, 0.4) is 0 Å². The Morgan fingerprint density at radius 3 is 2.00 bits per heavy atom. The van der Waals surface area contributed by atoms with Gasteiger partial charge in [0.05, 0.1) is 33.6 Å². The van der Waals surface area contributed by atoms with Crippen molar-refractivity contribution in [2.45, 2.75) is 58.7 Å². The molecule has 45 heavy (non-hydrogen) atoms. The third-order valence-corrected chi connectivity index (χ3v) is 10.8. The van der Waals surface area contributed by atoms with Gasteiger partial charge in [0.1, 0.15) is 0 Å². The van der Waals surface area contributed by atoms with Crippen LogP contribution in [0.1, 0.15) is 54.9 Å². The van der Waals surface area contributed by atoms with Crippen molar-refractivity contribution in [1.82, 2.24) is 0 Å². The Bertz CT molecular complexity index is 1910. The highest BCUT2D eigenvalue weighted by Crippen LogP contribution is 2.49. The van der Waals surface area contributed by atoms with E-state index in [9.17, 15) is 29.4 Å². The predicted molar refractivity (Wildman–Crippen MR) is 174 cm³/mol. The van der Waals surface area contributed by atoms with Crippen molar-refractivity contribution in [3.05, 3.63) is 45.1 Å². The number of carbonyl (C=O) groups excluding carboxylic acids is 4. The normalized spacial score (nSPS) is 15.9. The van der Waals surface area contributed by atoms with Gasteiger partial charge in [-0.05, 0) is 53.3 Å². The van der Waals surface area contributed by atoms with Gasteiger partial charge in [-0.25, -0.2) is 0 Å². The smallest absolute Gasteiger partial charge is 0.308 e. The van der Waals surface area contributed by atoms with Crippen LogP contribution in [0.2, 0.25) is 0 Å². The van der Waals surface area contributed by atoms with Crippen LogP contribution < -0.4 is 19.3 Å². The molecule has 0 bridgehead atoms. The number of fused-ring (bicyclic) bond motifs is 6. The van der Waals surface area contributed by atoms with Crippen LogP contribution >= 0.6 is 34.3 Å². The van der Waals surface area contributed by atoms with E-state index in [1.807, 2.05) is 24.6 Å². The average Bonchev–Trinajstić information content (AvgIpc) is 3.71. The molecule has 0 saturated heterocycles. The predicted octanol–water partition coefficient (Wildman–Crippen LogP) is 5.30. The largest absolute Gasteiger partial charge is 0.425 e. The number of aryl methyl sites for hydroxylation is 2. The number of rotatable bonds is 7. The van der Waals surface area contributed by atoms with Crippen molar-refractivity contribution in [1.29, 1.82) is 0 Å². The number of anilines is 2. The summed E-state index contributed by atoms with van der Waals surface area (Å²) in [6.07, 6.45) is -0.939. The Morgan fingerprint density at radius 1 is 0.889 bits per heavy atom. The minimum absolute atomic E-state index is 0.198. The average molecular weight is 671 g/mol. The molecule has 2 aliphatic rings. The number of amides is 2. The monoisotopic (exact) mass is 670 g/mol. The fraction of sp³-hybridized carbons (Fsp3) is 0.375. The molecule has 0 saturated carbocycles. The van der Waals surface area contributed by atoms with Crippen molar-refractivity contribution >= 4 is 89.6 Å². The van der Waals surface area contributed by atoms with Crippen molar-refractivity contribution in [2.24, 2.45) is 0 Å². The molecule has 0 fully saturated rings. The van der Waals surface area contributed by atoms with Crippen LogP contribution in [0.4, 0.5) is 11.4 Å². The number of esters is 2. The fourth-order valence-corrected chi connectivity index (χ4v) is 8.77. The number of nitrogens with zero attached hydrogens (tertiary/aromatic N) is 2. The summed E-state index contributed by atoms with van der Waals surface area (Å²) in [5.74, 6) is -4.20. The summed E-state index contributed by atoms with van der Waals surface area (Å²) in [5.41, 5.74) is 4.73. The topological polar surface area (TPSA) is 134 Å². The molecule has 6 rings (SSSR count). The minimum atomic E-state index is -2.65. The van der Waals surface area contributed by atoms with Gasteiger partial charge < -0.3 is 29.5 Å². The number of thiophene rings is 2. The van der Waals surface area contributed by atoms with E-state index in [2.05, 4.69) is 0 Å². The number of ether oxygens (including phenoxy) is 2. The summed E-state index contributed by atoms with van der Waals surface area (Å²) in [6.45, 7) is 6.99. The third kappa shape index (κ3) is 5.59. The van der Waals surface area contributed by atoms with E-state index in [-0.39, 0.29) is 18.3 Å². The Labute approximate surface area is 271 Å². The Hall–Kier alpha value is -3.55. The maximum atomic E-state index is 13.7. The van der Waals surface area contributed by atoms with Crippen molar-refractivity contribution in [3.8, 4) is 11.5 Å². The second kappa shape index (κ2) is 11.7. The maximum Gasteiger partial charge on any atom is 0.308 e. The molecular weight excluding hydrogens is 640 g/mol. The molecular formula is C32H31ClN2O8S2. The molecule has 4 aromatic rings. The summed E-state index contributed by atoms with van der Waals surface area (Å²) in [6, 6.07) is 3.26. The number of benzene rings is 2. The van der Waals surface area contributed by atoms with Gasteiger partial charge in [0.25, 0.3) is 0 Å². The number of carbonyl (C=O) groups is 4. The summed E-state index contributed by atoms with van der Waals surface area (Å²) in [5, 5.41) is 27.7. The molecule has 2 aliphatic heterocycles. The van der Waals surface area contributed by atoms with E-state index < -0.39 is 42.4 Å². The molecule has 236 valence electrons. The Kier molecular flexibility index (Phi) is 8.15. The first kappa shape index (κ1) is 31.4. The van der Waals surface area contributed by atoms with E-state index in [4.69, 9.17) is 21.1 Å². The fourth-order valence-electron chi connectivity index (χ4n) is 6.47. The zero-order chi connectivity index (χ0) is 32.4. The first-order valence-corrected chi connectivity index (χ1v) is 16.7. The van der Waals surface area contributed by atoms with E-state index in [1.165, 1.54) is 46.3 Å². The number of hydrogen-bond acceptors (Lipinski definition) is 10. The van der Waals surface area contributed by atoms with Crippen molar-refractivity contribution in [3.63, 3.8) is 0 Å². The van der Waals surface area contributed by atoms with Gasteiger partial charge in [-0.2, -0.15) is 0 Å². The van der Waals surface area contributed by atoms with E-state index in [0.29, 0.717) is 35.8 Å². The van der Waals surface area contributed by atoms with E-state index in [0.717, 1.165) is 42.4 Å². The number of alkyl halides is 1. The molecule has 0 aliphatic carbocycles. The molecule has 2 amide bonds. The molecule has 2 aromatic heterocycles. The van der Waals surface area contributed by atoms with Crippen molar-refractivity contribution < 1.29 is 38.9 Å². The van der Waals surface area contributed by atoms with Gasteiger partial charge >= 0.3 is 11.9 Å². The van der Waals surface area contributed by atoms with Crippen LogP contribution in [-0.4, -0.2) is 58.7 Å². The minimum Gasteiger partial charge on any atom is -0.425 e. The van der Waals surface area contributed by atoms with Crippen LogP contribution in [0.25, 0.3) is 20.2 Å². The first-order chi connectivity index (χ1) is 21.3. The molecule has 0 unspecified atom stereocenters. The quantitative estimate of drug-likeness (QED) is 0.117. The zero-order valence-corrected chi connectivity index (χ0v) is 27.5. The molecule has 10 nitrogen and oxygen atoms in total. The Balaban J connectivity index is 1.26. The first-order valence-electron chi connectivity index (χ1n) is 14.4. The number of halogens is 1. The van der Waals surface area contributed by atoms with Crippen LogP contribution in [0.5, 0.6) is 11.5 Å². The third-order valence-electron chi connectivity index (χ3n) is 8.23. The lowest BCUT2D eigenvalue weighted by atomic mass is 9.97. The van der Waals surface area contributed by atoms with Gasteiger partial charge in [0.2, 0.25) is 11.8 Å². The Morgan fingerprint density at radius 2 is 1.42 bits per heavy atom. The standard InChI is InChI=1S/C32H31ClN2O8S2/c1-15-13-44-30-23(42-17(3)36)7-21-20(27(15)30)5-6-34(21)25(38)9-32(40,41)10-26(39)35-12-19(11-33)29-22(35)8-24(43-18(4)37)31-28(29)16(2)14-45-31/h7-8,13-14,19,40-41H,5-6,9-12H2,1-4H3/t19-/m1/s1. The molecule has 2 aromatic carbocycles.